The minimum Gasteiger partial charge on any atom is -0.488 e. The highest BCUT2D eigenvalue weighted by Crippen LogP contribution is 2.19. The molecule has 3 rings (SSSR count). The molecule has 1 N–H and O–H groups in total. The first kappa shape index (κ1) is 20.0. The summed E-state index contributed by atoms with van der Waals surface area (Å²) in [7, 11) is 0. The largest absolute Gasteiger partial charge is 0.488 e. The van der Waals surface area contributed by atoms with Gasteiger partial charge >= 0.3 is 0 Å². The van der Waals surface area contributed by atoms with Crippen LogP contribution < -0.4 is 10.2 Å². The molecule has 0 aliphatic heterocycles. The lowest BCUT2D eigenvalue weighted by atomic mass is 10.2. The van der Waals surface area contributed by atoms with Gasteiger partial charge in [-0.05, 0) is 48.4 Å². The number of carbonyl (C=O) groups is 1. The zero-order valence-corrected chi connectivity index (χ0v) is 16.0. The second kappa shape index (κ2) is 9.99. The van der Waals surface area contributed by atoms with Crippen LogP contribution in [-0.4, -0.2) is 11.6 Å². The van der Waals surface area contributed by atoms with Crippen LogP contribution in [0.3, 0.4) is 0 Å². The fraction of sp³-hybridized carbons (Fsp3) is 0.0833. The van der Waals surface area contributed by atoms with Gasteiger partial charge in [-0.3, -0.25) is 4.79 Å². The Bertz CT molecular complexity index is 1010. The predicted molar refractivity (Wildman–Crippen MR) is 113 cm³/mol. The van der Waals surface area contributed by atoms with Gasteiger partial charge in [0, 0.05) is 0 Å². The van der Waals surface area contributed by atoms with Gasteiger partial charge in [0.1, 0.15) is 18.2 Å². The number of hydrogen-bond donors (Lipinski definition) is 1. The first-order valence-corrected chi connectivity index (χ1v) is 9.16. The van der Waals surface area contributed by atoms with Crippen molar-refractivity contribution >= 4 is 17.7 Å². The van der Waals surface area contributed by atoms with E-state index >= 15 is 0 Å². The van der Waals surface area contributed by atoms with Gasteiger partial charge in [-0.15, -0.1) is 0 Å². The molecule has 0 bridgehead atoms. The number of para-hydroxylation sites is 1. The van der Waals surface area contributed by atoms with E-state index in [1.54, 1.807) is 43.3 Å². The summed E-state index contributed by atoms with van der Waals surface area (Å²) >= 11 is 0. The summed E-state index contributed by atoms with van der Waals surface area (Å²) in [6.07, 6.45) is 3.75. The van der Waals surface area contributed by atoms with Crippen LogP contribution in [0.5, 0.6) is 5.75 Å². The van der Waals surface area contributed by atoms with E-state index in [1.165, 1.54) is 12.1 Å². The number of nitrogens with zero attached hydrogens (tertiary/aromatic N) is 1. The van der Waals surface area contributed by atoms with Crippen LogP contribution in [0.15, 0.2) is 90.0 Å². The zero-order valence-electron chi connectivity index (χ0n) is 16.0. The summed E-state index contributed by atoms with van der Waals surface area (Å²) in [5.41, 5.74) is 5.44. The lowest BCUT2D eigenvalue weighted by molar-refractivity contribution is 0.0950. The second-order valence-corrected chi connectivity index (χ2v) is 6.35. The Labute approximate surface area is 169 Å². The predicted octanol–water partition coefficient (Wildman–Crippen LogP) is 5.22. The maximum Gasteiger partial charge on any atom is 0.275 e. The molecule has 0 spiro atoms. The van der Waals surface area contributed by atoms with Crippen molar-refractivity contribution in [3.63, 3.8) is 0 Å². The molecule has 0 aliphatic rings. The highest BCUT2D eigenvalue weighted by atomic mass is 19.1. The molecule has 4 nitrogen and oxygen atoms in total. The fourth-order valence-electron chi connectivity index (χ4n) is 2.54. The highest BCUT2D eigenvalue weighted by molar-refractivity contribution is 6.00. The molecule has 0 aromatic heterocycles. The molecule has 1 amide bonds. The van der Waals surface area contributed by atoms with Crippen LogP contribution in [-0.2, 0) is 6.61 Å². The van der Waals surface area contributed by atoms with E-state index in [0.717, 1.165) is 11.1 Å². The zero-order chi connectivity index (χ0) is 20.5. The average molecular weight is 388 g/mol. The van der Waals surface area contributed by atoms with Crippen molar-refractivity contribution < 1.29 is 13.9 Å². The lowest BCUT2D eigenvalue weighted by Gasteiger charge is -2.10. The Balaban J connectivity index is 1.63. The molecule has 0 unspecified atom stereocenters. The summed E-state index contributed by atoms with van der Waals surface area (Å²) in [4.78, 5) is 12.5. The maximum atomic E-state index is 13.0. The minimum absolute atomic E-state index is 0.229. The first-order chi connectivity index (χ1) is 14.1. The third kappa shape index (κ3) is 6.14. The van der Waals surface area contributed by atoms with Crippen LogP contribution in [0.4, 0.5) is 4.39 Å². The number of nitrogens with one attached hydrogen (secondary N) is 1. The molecule has 3 aromatic rings. The van der Waals surface area contributed by atoms with Crippen LogP contribution in [0.25, 0.3) is 6.08 Å². The van der Waals surface area contributed by atoms with E-state index in [-0.39, 0.29) is 18.3 Å². The quantitative estimate of drug-likeness (QED) is 0.445. The van der Waals surface area contributed by atoms with Crippen molar-refractivity contribution in [2.24, 2.45) is 5.10 Å². The van der Waals surface area contributed by atoms with Gasteiger partial charge in [0.05, 0.1) is 11.3 Å². The molecular weight excluding hydrogens is 367 g/mol. The van der Waals surface area contributed by atoms with Crippen LogP contribution in [0.2, 0.25) is 0 Å². The highest BCUT2D eigenvalue weighted by Gasteiger charge is 2.11. The van der Waals surface area contributed by atoms with Gasteiger partial charge in [-0.2, -0.15) is 5.10 Å². The average Bonchev–Trinajstić information content (AvgIpc) is 2.76. The van der Waals surface area contributed by atoms with Crippen molar-refractivity contribution in [3.05, 3.63) is 107 Å². The van der Waals surface area contributed by atoms with Crippen molar-refractivity contribution in [1.29, 1.82) is 0 Å². The van der Waals surface area contributed by atoms with E-state index in [2.05, 4.69) is 10.5 Å². The molecule has 5 heteroatoms. The molecule has 3 aromatic carbocycles. The van der Waals surface area contributed by atoms with Crippen LogP contribution in [0.1, 0.15) is 28.4 Å². The first-order valence-electron chi connectivity index (χ1n) is 9.16. The monoisotopic (exact) mass is 388 g/mol. The molecule has 146 valence electrons. The smallest absolute Gasteiger partial charge is 0.275 e. The van der Waals surface area contributed by atoms with Crippen LogP contribution in [0, 0.1) is 5.82 Å². The molecule has 0 aliphatic carbocycles. The summed E-state index contributed by atoms with van der Waals surface area (Å²) in [5, 5.41) is 4.12. The molecule has 29 heavy (non-hydrogen) atoms. The Morgan fingerprint density at radius 3 is 2.45 bits per heavy atom. The molecule has 0 heterocycles. The Morgan fingerprint density at radius 2 is 1.69 bits per heavy atom. The summed E-state index contributed by atoms with van der Waals surface area (Å²) in [6.45, 7) is 2.03. The van der Waals surface area contributed by atoms with Gasteiger partial charge in [-0.25, -0.2) is 9.82 Å². The number of halogens is 1. The second-order valence-electron chi connectivity index (χ2n) is 6.35. The Hall–Kier alpha value is -3.73. The van der Waals surface area contributed by atoms with Crippen molar-refractivity contribution in [3.8, 4) is 5.75 Å². The third-order valence-corrected chi connectivity index (χ3v) is 4.09. The summed E-state index contributed by atoms with van der Waals surface area (Å²) < 4.78 is 18.8. The number of rotatable bonds is 7. The number of ether oxygens (including phenoxy) is 1. The maximum absolute atomic E-state index is 13.0. The van der Waals surface area contributed by atoms with Gasteiger partial charge in [-0.1, -0.05) is 60.7 Å². The summed E-state index contributed by atoms with van der Waals surface area (Å²) in [5.74, 6) is -0.239. The molecule has 0 atom stereocenters. The van der Waals surface area contributed by atoms with Gasteiger partial charge in [0.15, 0.2) is 0 Å². The molecule has 0 saturated carbocycles. The van der Waals surface area contributed by atoms with E-state index < -0.39 is 0 Å². The van der Waals surface area contributed by atoms with E-state index in [4.69, 9.17) is 4.74 Å². The molecule has 0 fully saturated rings. The topological polar surface area (TPSA) is 50.7 Å². The molecule has 0 radical (unpaired) electrons. The number of allylic oxidation sites excluding steroid dienone is 1. The Morgan fingerprint density at radius 1 is 1.00 bits per heavy atom. The Kier molecular flexibility index (Phi) is 6.90. The van der Waals surface area contributed by atoms with Crippen LogP contribution >= 0.6 is 0 Å². The van der Waals surface area contributed by atoms with Gasteiger partial charge < -0.3 is 4.74 Å². The third-order valence-electron chi connectivity index (χ3n) is 4.09. The van der Waals surface area contributed by atoms with Crippen molar-refractivity contribution in [2.75, 3.05) is 0 Å². The SMILES string of the molecule is CC(/C=C/c1ccccc1)=N\NC(=O)c1ccccc1OCc1ccc(F)cc1. The van der Waals surface area contributed by atoms with Gasteiger partial charge in [0.25, 0.3) is 5.91 Å². The lowest BCUT2D eigenvalue weighted by Crippen LogP contribution is -2.19. The molecule has 0 saturated heterocycles. The van der Waals surface area contributed by atoms with Crippen molar-refractivity contribution in [1.82, 2.24) is 5.43 Å². The number of carbonyl (C=O) groups excluding carboxylic acids is 1. The number of hydrogen-bond acceptors (Lipinski definition) is 3. The summed E-state index contributed by atoms with van der Waals surface area (Å²) in [6, 6.07) is 22.8. The normalized spacial score (nSPS) is 11.4. The number of benzene rings is 3. The molecular formula is C24H21FN2O2. The number of hydrazone groups is 1. The number of amides is 1. The minimum atomic E-state index is -0.368. The standard InChI is InChI=1S/C24H21FN2O2/c1-18(11-12-19-7-3-2-4-8-19)26-27-24(28)22-9-5-6-10-23(22)29-17-20-13-15-21(25)16-14-20/h2-16H,17H2,1H3,(H,27,28)/b12-11+,26-18+. The van der Waals surface area contributed by atoms with Crippen molar-refractivity contribution in [2.45, 2.75) is 13.5 Å². The van der Waals surface area contributed by atoms with E-state index in [9.17, 15) is 9.18 Å². The fourth-order valence-corrected chi connectivity index (χ4v) is 2.54. The van der Waals surface area contributed by atoms with E-state index in [1.807, 2.05) is 42.5 Å². The van der Waals surface area contributed by atoms with E-state index in [0.29, 0.717) is 17.0 Å². The van der Waals surface area contributed by atoms with Gasteiger partial charge in [0.2, 0.25) is 0 Å².